The van der Waals surface area contributed by atoms with E-state index in [1.165, 1.54) is 6.20 Å². The van der Waals surface area contributed by atoms with Crippen LogP contribution in [0.4, 0.5) is 5.82 Å². The van der Waals surface area contributed by atoms with Gasteiger partial charge in [-0.2, -0.15) is 5.26 Å². The molecule has 0 unspecified atom stereocenters. The zero-order valence-electron chi connectivity index (χ0n) is 11.7. The molecule has 6 heteroatoms. The third kappa shape index (κ3) is 3.05. The second-order valence-corrected chi connectivity index (χ2v) is 5.58. The molecule has 20 heavy (non-hydrogen) atoms. The van der Waals surface area contributed by atoms with Crippen LogP contribution in [0.25, 0.3) is 0 Å². The van der Waals surface area contributed by atoms with E-state index in [1.807, 2.05) is 6.92 Å². The topological polar surface area (TPSA) is 98.9 Å². The molecule has 0 radical (unpaired) electrons. The number of aromatic carboxylic acids is 1. The summed E-state index contributed by atoms with van der Waals surface area (Å²) >= 11 is 0. The largest absolute Gasteiger partial charge is 0.477 e. The molecule has 1 fully saturated rings. The molecule has 1 aromatic rings. The van der Waals surface area contributed by atoms with Gasteiger partial charge in [0, 0.05) is 12.2 Å². The highest BCUT2D eigenvalue weighted by molar-refractivity contribution is 5.92. The summed E-state index contributed by atoms with van der Waals surface area (Å²) in [5, 5.41) is 21.4. The van der Waals surface area contributed by atoms with Crippen molar-refractivity contribution in [1.82, 2.24) is 9.97 Å². The van der Waals surface area contributed by atoms with E-state index in [0.717, 1.165) is 25.7 Å². The van der Waals surface area contributed by atoms with E-state index in [1.54, 1.807) is 6.92 Å². The lowest BCUT2D eigenvalue weighted by atomic mass is 9.75. The summed E-state index contributed by atoms with van der Waals surface area (Å²) in [5.41, 5.74) is -0.167. The third-order valence-corrected chi connectivity index (χ3v) is 3.84. The van der Waals surface area contributed by atoms with Gasteiger partial charge in [0.25, 0.3) is 0 Å². The molecule has 1 aliphatic rings. The van der Waals surface area contributed by atoms with Gasteiger partial charge in [0.1, 0.15) is 17.2 Å². The fourth-order valence-electron chi connectivity index (χ4n) is 2.44. The lowest BCUT2D eigenvalue weighted by Crippen LogP contribution is -2.31. The number of rotatable bonds is 3. The van der Waals surface area contributed by atoms with Crippen molar-refractivity contribution >= 4 is 11.8 Å². The number of nitrogens with one attached hydrogen (secondary N) is 1. The fourth-order valence-corrected chi connectivity index (χ4v) is 2.44. The normalized spacial score (nSPS) is 25.8. The number of nitrogens with zero attached hydrogens (tertiary/aromatic N) is 3. The van der Waals surface area contributed by atoms with Crippen LogP contribution in [0.1, 0.15) is 48.8 Å². The standard InChI is InChI=1S/C14H18N4O2/c1-9-16-7-11(13(19)20)12(17-9)18-10-3-5-14(2,8-15)6-4-10/h7,10H,3-6H2,1-2H3,(H,19,20)(H,16,17,18). The van der Waals surface area contributed by atoms with E-state index in [4.69, 9.17) is 10.4 Å². The molecule has 0 aliphatic heterocycles. The van der Waals surface area contributed by atoms with Crippen molar-refractivity contribution in [2.24, 2.45) is 5.41 Å². The van der Waals surface area contributed by atoms with E-state index in [9.17, 15) is 4.79 Å². The van der Waals surface area contributed by atoms with Gasteiger partial charge in [-0.1, -0.05) is 0 Å². The Balaban J connectivity index is 2.10. The molecule has 1 saturated carbocycles. The molecule has 1 aromatic heterocycles. The van der Waals surface area contributed by atoms with Crippen LogP contribution in [-0.2, 0) is 0 Å². The first-order valence-electron chi connectivity index (χ1n) is 6.68. The van der Waals surface area contributed by atoms with Gasteiger partial charge < -0.3 is 10.4 Å². The summed E-state index contributed by atoms with van der Waals surface area (Å²) in [6, 6.07) is 2.51. The van der Waals surface area contributed by atoms with Crippen LogP contribution >= 0.6 is 0 Å². The third-order valence-electron chi connectivity index (χ3n) is 3.84. The SMILES string of the molecule is Cc1ncc(C(=O)O)c(NC2CCC(C)(C#N)CC2)n1. The monoisotopic (exact) mass is 274 g/mol. The maximum absolute atomic E-state index is 11.2. The summed E-state index contributed by atoms with van der Waals surface area (Å²) in [5.74, 6) is -0.129. The minimum atomic E-state index is -1.04. The lowest BCUT2D eigenvalue weighted by Gasteiger charge is -2.32. The smallest absolute Gasteiger partial charge is 0.341 e. The molecule has 0 atom stereocenters. The number of nitriles is 1. The second-order valence-electron chi connectivity index (χ2n) is 5.58. The highest BCUT2D eigenvalue weighted by Crippen LogP contribution is 2.36. The van der Waals surface area contributed by atoms with Gasteiger partial charge in [-0.15, -0.1) is 0 Å². The summed E-state index contributed by atoms with van der Waals surface area (Å²) in [4.78, 5) is 19.3. The van der Waals surface area contributed by atoms with Gasteiger partial charge in [-0.3, -0.25) is 0 Å². The van der Waals surface area contributed by atoms with Gasteiger partial charge in [0.05, 0.1) is 11.5 Å². The molecular formula is C14H18N4O2. The average molecular weight is 274 g/mol. The Morgan fingerprint density at radius 1 is 1.55 bits per heavy atom. The van der Waals surface area contributed by atoms with Crippen molar-refractivity contribution in [1.29, 1.82) is 5.26 Å². The van der Waals surface area contributed by atoms with E-state index in [0.29, 0.717) is 11.6 Å². The molecule has 0 aromatic carbocycles. The summed E-state index contributed by atoms with van der Waals surface area (Å²) in [6.07, 6.45) is 4.63. The molecule has 0 bridgehead atoms. The number of carboxylic acids is 1. The van der Waals surface area contributed by atoms with Crippen molar-refractivity contribution in [2.45, 2.75) is 45.6 Å². The summed E-state index contributed by atoms with van der Waals surface area (Å²) < 4.78 is 0. The molecule has 106 valence electrons. The molecule has 2 N–H and O–H groups in total. The first-order chi connectivity index (χ1) is 9.43. The van der Waals surface area contributed by atoms with E-state index in [-0.39, 0.29) is 17.0 Å². The Labute approximate surface area is 117 Å². The van der Waals surface area contributed by atoms with Crippen LogP contribution in [0.5, 0.6) is 0 Å². The Bertz CT molecular complexity index is 557. The number of hydrogen-bond acceptors (Lipinski definition) is 5. The van der Waals surface area contributed by atoms with Crippen molar-refractivity contribution < 1.29 is 9.90 Å². The van der Waals surface area contributed by atoms with Crippen LogP contribution < -0.4 is 5.32 Å². The molecule has 1 heterocycles. The van der Waals surface area contributed by atoms with Gasteiger partial charge in [-0.05, 0) is 39.5 Å². The maximum Gasteiger partial charge on any atom is 0.341 e. The van der Waals surface area contributed by atoms with Gasteiger partial charge >= 0.3 is 5.97 Å². The molecule has 6 nitrogen and oxygen atoms in total. The summed E-state index contributed by atoms with van der Waals surface area (Å²) in [6.45, 7) is 3.70. The van der Waals surface area contributed by atoms with Crippen molar-refractivity contribution in [3.05, 3.63) is 17.6 Å². The number of carbonyl (C=O) groups is 1. The van der Waals surface area contributed by atoms with Crippen LogP contribution in [-0.4, -0.2) is 27.1 Å². The highest BCUT2D eigenvalue weighted by Gasteiger charge is 2.31. The van der Waals surface area contributed by atoms with Gasteiger partial charge in [0.15, 0.2) is 0 Å². The minimum Gasteiger partial charge on any atom is -0.477 e. The second kappa shape index (κ2) is 5.45. The maximum atomic E-state index is 11.2. The Hall–Kier alpha value is -2.16. The fraction of sp³-hybridized carbons (Fsp3) is 0.571. The minimum absolute atomic E-state index is 0.0872. The Kier molecular flexibility index (Phi) is 3.89. The molecule has 0 amide bonds. The highest BCUT2D eigenvalue weighted by atomic mass is 16.4. The van der Waals surface area contributed by atoms with Crippen LogP contribution in [0.3, 0.4) is 0 Å². The van der Waals surface area contributed by atoms with E-state index >= 15 is 0 Å². The first-order valence-corrected chi connectivity index (χ1v) is 6.68. The van der Waals surface area contributed by atoms with Gasteiger partial charge in [0.2, 0.25) is 0 Å². The molecule has 0 spiro atoms. The zero-order chi connectivity index (χ0) is 14.8. The number of aromatic nitrogens is 2. The number of hydrogen-bond donors (Lipinski definition) is 2. The van der Waals surface area contributed by atoms with E-state index in [2.05, 4.69) is 21.4 Å². The van der Waals surface area contributed by atoms with Crippen LogP contribution in [0.2, 0.25) is 0 Å². The van der Waals surface area contributed by atoms with E-state index < -0.39 is 5.97 Å². The predicted molar refractivity (Wildman–Crippen MR) is 73.3 cm³/mol. The van der Waals surface area contributed by atoms with Crippen LogP contribution in [0, 0.1) is 23.7 Å². The number of anilines is 1. The van der Waals surface area contributed by atoms with Crippen molar-refractivity contribution in [3.63, 3.8) is 0 Å². The Morgan fingerprint density at radius 2 is 2.20 bits per heavy atom. The lowest BCUT2D eigenvalue weighted by molar-refractivity contribution is 0.0697. The zero-order valence-corrected chi connectivity index (χ0v) is 11.7. The summed E-state index contributed by atoms with van der Waals surface area (Å²) in [7, 11) is 0. The number of carboxylic acid groups (broad SMARTS) is 1. The first kappa shape index (κ1) is 14.3. The Morgan fingerprint density at radius 3 is 2.75 bits per heavy atom. The molecule has 1 aliphatic carbocycles. The number of aryl methyl sites for hydroxylation is 1. The van der Waals surface area contributed by atoms with Crippen molar-refractivity contribution in [3.8, 4) is 6.07 Å². The van der Waals surface area contributed by atoms with Crippen LogP contribution in [0.15, 0.2) is 6.20 Å². The van der Waals surface area contributed by atoms with Crippen molar-refractivity contribution in [2.75, 3.05) is 5.32 Å². The molecular weight excluding hydrogens is 256 g/mol. The van der Waals surface area contributed by atoms with Gasteiger partial charge in [-0.25, -0.2) is 14.8 Å². The quantitative estimate of drug-likeness (QED) is 0.877. The predicted octanol–water partition coefficient (Wildman–Crippen LogP) is 2.37. The average Bonchev–Trinajstić information content (AvgIpc) is 2.41. The molecule has 2 rings (SSSR count). The molecule has 0 saturated heterocycles.